The highest BCUT2D eigenvalue weighted by molar-refractivity contribution is 7.80. The highest BCUT2D eigenvalue weighted by Crippen LogP contribution is 2.38. The molecule has 2 aromatic rings. The predicted octanol–water partition coefficient (Wildman–Crippen LogP) is 4.97. The van der Waals surface area contributed by atoms with Gasteiger partial charge in [0.05, 0.1) is 6.20 Å². The van der Waals surface area contributed by atoms with Gasteiger partial charge in [-0.1, -0.05) is 72.8 Å². The van der Waals surface area contributed by atoms with Gasteiger partial charge >= 0.3 is 0 Å². The van der Waals surface area contributed by atoms with Gasteiger partial charge in [0.15, 0.2) is 16.1 Å². The van der Waals surface area contributed by atoms with E-state index >= 15 is 0 Å². The normalized spacial score (nSPS) is 16.2. The van der Waals surface area contributed by atoms with Crippen molar-refractivity contribution in [1.29, 1.82) is 0 Å². The van der Waals surface area contributed by atoms with E-state index in [-0.39, 0.29) is 15.7 Å². The zero-order valence-electron chi connectivity index (χ0n) is 13.8. The van der Waals surface area contributed by atoms with Crippen LogP contribution in [-0.4, -0.2) is 21.6 Å². The summed E-state index contributed by atoms with van der Waals surface area (Å²) in [5, 5.41) is 7.28. The second-order valence-corrected chi connectivity index (χ2v) is 7.50. The predicted molar refractivity (Wildman–Crippen MR) is 107 cm³/mol. The number of hydrogen-bond donors (Lipinski definition) is 2. The minimum Gasteiger partial charge on any atom is -0.362 e. The fraction of sp³-hybridized carbons (Fsp3) is 0.389. The van der Waals surface area contributed by atoms with Crippen LogP contribution in [0.4, 0.5) is 5.82 Å². The lowest BCUT2D eigenvalue weighted by Crippen LogP contribution is -2.43. The van der Waals surface area contributed by atoms with Crippen LogP contribution in [0.3, 0.4) is 0 Å². The van der Waals surface area contributed by atoms with E-state index in [9.17, 15) is 0 Å². The second kappa shape index (κ2) is 8.30. The number of thiocarbonyl (C=S) groups is 1. The summed E-state index contributed by atoms with van der Waals surface area (Å²) in [6.07, 6.45) is 7.54. The number of aromatic nitrogens is 2. The molecule has 0 aliphatic heterocycles. The van der Waals surface area contributed by atoms with Gasteiger partial charge in [-0.3, -0.25) is 0 Å². The average molecular weight is 395 g/mol. The quantitative estimate of drug-likeness (QED) is 0.716. The molecule has 1 aliphatic rings. The van der Waals surface area contributed by atoms with Gasteiger partial charge < -0.3 is 10.6 Å². The second-order valence-electron chi connectivity index (χ2n) is 6.35. The molecule has 1 aromatic carbocycles. The topological polar surface area (TPSA) is 49.8 Å². The van der Waals surface area contributed by atoms with Crippen molar-refractivity contribution < 1.29 is 0 Å². The number of nitrogens with zero attached hydrogens (tertiary/aromatic N) is 2. The summed E-state index contributed by atoms with van der Waals surface area (Å²) in [5.41, 5.74) is 1.48. The van der Waals surface area contributed by atoms with Crippen molar-refractivity contribution in [3.8, 4) is 0 Å². The van der Waals surface area contributed by atoms with E-state index in [1.54, 1.807) is 0 Å². The molecule has 25 heavy (non-hydrogen) atoms. The third-order valence-electron chi connectivity index (χ3n) is 4.72. The van der Waals surface area contributed by atoms with Crippen LogP contribution in [0.15, 0.2) is 36.5 Å². The first kappa shape index (κ1) is 18.4. The van der Waals surface area contributed by atoms with E-state index in [4.69, 9.17) is 35.4 Å². The van der Waals surface area contributed by atoms with Gasteiger partial charge in [0.25, 0.3) is 0 Å². The lowest BCUT2D eigenvalue weighted by molar-refractivity contribution is 0.292. The zero-order chi connectivity index (χ0) is 17.7. The highest BCUT2D eigenvalue weighted by atomic mass is 35.5. The Kier molecular flexibility index (Phi) is 6.10. The Morgan fingerprint density at radius 1 is 1.12 bits per heavy atom. The molecule has 0 amide bonds. The number of halogens is 2. The number of hydrogen-bond acceptors (Lipinski definition) is 3. The van der Waals surface area contributed by atoms with Gasteiger partial charge in [-0.15, -0.1) is 0 Å². The smallest absolute Gasteiger partial charge is 0.173 e. The van der Waals surface area contributed by atoms with E-state index in [1.165, 1.54) is 31.0 Å². The molecule has 0 bridgehead atoms. The molecule has 7 heteroatoms. The molecular formula is C18H20Cl2N4S. The van der Waals surface area contributed by atoms with E-state index in [2.05, 4.69) is 50.9 Å². The maximum atomic E-state index is 6.04. The van der Waals surface area contributed by atoms with Crippen molar-refractivity contribution in [3.63, 3.8) is 0 Å². The molecule has 1 saturated carbocycles. The molecular weight excluding hydrogens is 375 g/mol. The van der Waals surface area contributed by atoms with Gasteiger partial charge in [-0.25, -0.2) is 9.97 Å². The largest absolute Gasteiger partial charge is 0.362 e. The number of anilines is 1. The van der Waals surface area contributed by atoms with E-state index < -0.39 is 0 Å². The van der Waals surface area contributed by atoms with E-state index in [0.717, 1.165) is 19.4 Å². The van der Waals surface area contributed by atoms with Crippen molar-refractivity contribution in [2.45, 2.75) is 37.5 Å². The summed E-state index contributed by atoms with van der Waals surface area (Å²) in [4.78, 5) is 8.08. The van der Waals surface area contributed by atoms with Crippen molar-refractivity contribution in [2.24, 2.45) is 0 Å². The maximum absolute atomic E-state index is 6.04. The molecule has 2 N–H and O–H groups in total. The van der Waals surface area contributed by atoms with Crippen LogP contribution in [0.1, 0.15) is 37.7 Å². The Labute approximate surface area is 163 Å². The van der Waals surface area contributed by atoms with Crippen LogP contribution in [-0.2, 0) is 5.41 Å². The van der Waals surface area contributed by atoms with Gasteiger partial charge in [0, 0.05) is 12.0 Å². The standard InChI is InChI=1S/C18H20Cl2N4S/c19-14-11-21-16(15(20)23-14)24-17(25)22-12-18(9-5-2-6-10-18)13-7-3-1-4-8-13/h1,3-4,7-8,11H,2,5-6,9-10,12H2,(H2,21,22,24,25). The van der Waals surface area contributed by atoms with Gasteiger partial charge in [-0.05, 0) is 30.6 Å². The lowest BCUT2D eigenvalue weighted by atomic mass is 9.69. The van der Waals surface area contributed by atoms with Gasteiger partial charge in [0.2, 0.25) is 0 Å². The third kappa shape index (κ3) is 4.60. The summed E-state index contributed by atoms with van der Waals surface area (Å²) < 4.78 is 0. The molecule has 1 aromatic heterocycles. The molecule has 1 aliphatic carbocycles. The molecule has 0 atom stereocenters. The third-order valence-corrected chi connectivity index (χ3v) is 5.41. The molecule has 1 fully saturated rings. The van der Waals surface area contributed by atoms with Crippen LogP contribution >= 0.6 is 35.4 Å². The molecule has 0 saturated heterocycles. The Morgan fingerprint density at radius 3 is 2.52 bits per heavy atom. The molecule has 3 rings (SSSR count). The van der Waals surface area contributed by atoms with Crippen molar-refractivity contribution in [2.75, 3.05) is 11.9 Å². The number of nitrogens with one attached hydrogen (secondary N) is 2. The molecule has 132 valence electrons. The number of rotatable bonds is 4. The average Bonchev–Trinajstić information content (AvgIpc) is 2.64. The monoisotopic (exact) mass is 394 g/mol. The Balaban J connectivity index is 1.68. The summed E-state index contributed by atoms with van der Waals surface area (Å²) in [6.45, 7) is 0.779. The van der Waals surface area contributed by atoms with Crippen LogP contribution < -0.4 is 10.6 Å². The summed E-state index contributed by atoms with van der Waals surface area (Å²) >= 11 is 17.2. The van der Waals surface area contributed by atoms with Crippen LogP contribution in [0.5, 0.6) is 0 Å². The summed E-state index contributed by atoms with van der Waals surface area (Å²) in [5.74, 6) is 0.404. The molecule has 1 heterocycles. The van der Waals surface area contributed by atoms with Gasteiger partial charge in [-0.2, -0.15) is 0 Å². The molecule has 0 radical (unpaired) electrons. The Morgan fingerprint density at radius 2 is 1.84 bits per heavy atom. The van der Waals surface area contributed by atoms with E-state index in [0.29, 0.717) is 10.9 Å². The molecule has 4 nitrogen and oxygen atoms in total. The fourth-order valence-corrected chi connectivity index (χ4v) is 3.95. The minimum atomic E-state index is 0.112. The van der Waals surface area contributed by atoms with Crippen molar-refractivity contribution in [1.82, 2.24) is 15.3 Å². The van der Waals surface area contributed by atoms with Crippen LogP contribution in [0, 0.1) is 0 Å². The minimum absolute atomic E-state index is 0.112. The Bertz CT molecular complexity index is 733. The first-order chi connectivity index (χ1) is 12.1. The summed E-state index contributed by atoms with van der Waals surface area (Å²) in [6, 6.07) is 10.7. The first-order valence-electron chi connectivity index (χ1n) is 8.37. The van der Waals surface area contributed by atoms with E-state index in [1.807, 2.05) is 0 Å². The zero-order valence-corrected chi connectivity index (χ0v) is 16.1. The van der Waals surface area contributed by atoms with Crippen molar-refractivity contribution >= 4 is 46.4 Å². The Hall–Kier alpha value is -1.43. The van der Waals surface area contributed by atoms with Crippen LogP contribution in [0.25, 0.3) is 0 Å². The summed E-state index contributed by atoms with van der Waals surface area (Å²) in [7, 11) is 0. The lowest BCUT2D eigenvalue weighted by Gasteiger charge is -2.38. The first-order valence-corrected chi connectivity index (χ1v) is 9.54. The molecule has 0 spiro atoms. The maximum Gasteiger partial charge on any atom is 0.173 e. The molecule has 0 unspecified atom stereocenters. The number of benzene rings is 1. The van der Waals surface area contributed by atoms with Crippen LogP contribution in [0.2, 0.25) is 10.3 Å². The SMILES string of the molecule is S=C(NCC1(c2ccccc2)CCCCC1)Nc1ncc(Cl)nc1Cl. The van der Waals surface area contributed by atoms with Crippen molar-refractivity contribution in [3.05, 3.63) is 52.4 Å². The van der Waals surface area contributed by atoms with Gasteiger partial charge in [0.1, 0.15) is 5.15 Å². The highest BCUT2D eigenvalue weighted by Gasteiger charge is 2.33. The fourth-order valence-electron chi connectivity index (χ4n) is 3.42.